The predicted octanol–water partition coefficient (Wildman–Crippen LogP) is 2.88. The van der Waals surface area contributed by atoms with Crippen LogP contribution in [0.2, 0.25) is 0 Å². The summed E-state index contributed by atoms with van der Waals surface area (Å²) in [7, 11) is 0. The lowest BCUT2D eigenvalue weighted by Crippen LogP contribution is -2.35. The average molecular weight is 316 g/mol. The molecule has 0 heterocycles. The zero-order valence-corrected chi connectivity index (χ0v) is 12.1. The molecule has 1 atom stereocenters. The molecule has 0 aromatic heterocycles. The lowest BCUT2D eigenvalue weighted by Gasteiger charge is -2.18. The molecule has 100 valence electrons. The van der Waals surface area contributed by atoms with Gasteiger partial charge in [-0.1, -0.05) is 22.0 Å². The fourth-order valence-corrected chi connectivity index (χ4v) is 2.38. The molecular weight excluding hydrogens is 297 g/mol. The Balaban J connectivity index is 1.85. The lowest BCUT2D eigenvalue weighted by molar-refractivity contribution is 0.204. The number of hydrogen-bond acceptors (Lipinski definition) is 2. The van der Waals surface area contributed by atoms with E-state index in [0.717, 1.165) is 29.4 Å². The maximum absolute atomic E-state index is 13.7. The highest BCUT2D eigenvalue weighted by Gasteiger charge is 2.41. The van der Waals surface area contributed by atoms with Gasteiger partial charge in [0.2, 0.25) is 0 Å². The maximum Gasteiger partial charge on any atom is 0.127 e. The average Bonchev–Trinajstić information content (AvgIpc) is 3.11. The van der Waals surface area contributed by atoms with Crippen LogP contribution in [0.4, 0.5) is 4.39 Å². The van der Waals surface area contributed by atoms with E-state index in [0.29, 0.717) is 6.42 Å². The van der Waals surface area contributed by atoms with Gasteiger partial charge in [0.05, 0.1) is 0 Å². The van der Waals surface area contributed by atoms with Gasteiger partial charge in [-0.2, -0.15) is 0 Å². The number of halogens is 2. The number of aliphatic hydroxyl groups excluding tert-OH is 1. The SMILES string of the molecule is CC(Cc1ccc(Br)cc1F)NCC1(CO)CC1. The van der Waals surface area contributed by atoms with Crippen molar-refractivity contribution in [2.24, 2.45) is 5.41 Å². The van der Waals surface area contributed by atoms with Crippen molar-refractivity contribution in [2.75, 3.05) is 13.2 Å². The first-order chi connectivity index (χ1) is 8.54. The summed E-state index contributed by atoms with van der Waals surface area (Å²) in [6.45, 7) is 3.12. The first-order valence-electron chi connectivity index (χ1n) is 6.33. The molecule has 1 aromatic rings. The van der Waals surface area contributed by atoms with Crippen molar-refractivity contribution in [1.82, 2.24) is 5.32 Å². The zero-order chi connectivity index (χ0) is 13.2. The van der Waals surface area contributed by atoms with Crippen molar-refractivity contribution in [3.8, 4) is 0 Å². The Labute approximate surface area is 116 Å². The van der Waals surface area contributed by atoms with E-state index in [1.165, 1.54) is 6.07 Å². The first-order valence-corrected chi connectivity index (χ1v) is 7.12. The van der Waals surface area contributed by atoms with Crippen molar-refractivity contribution < 1.29 is 9.50 Å². The van der Waals surface area contributed by atoms with Gasteiger partial charge >= 0.3 is 0 Å². The first kappa shape index (κ1) is 14.0. The van der Waals surface area contributed by atoms with Gasteiger partial charge in [-0.05, 0) is 43.9 Å². The second-order valence-electron chi connectivity index (χ2n) is 5.38. The van der Waals surface area contributed by atoms with Crippen LogP contribution in [0.15, 0.2) is 22.7 Å². The third-order valence-corrected chi connectivity index (χ3v) is 4.15. The van der Waals surface area contributed by atoms with Crippen molar-refractivity contribution in [3.63, 3.8) is 0 Å². The van der Waals surface area contributed by atoms with Crippen molar-refractivity contribution in [2.45, 2.75) is 32.2 Å². The van der Waals surface area contributed by atoms with Crippen LogP contribution in [0, 0.1) is 11.2 Å². The second kappa shape index (κ2) is 5.68. The van der Waals surface area contributed by atoms with E-state index in [-0.39, 0.29) is 23.9 Å². The molecule has 0 radical (unpaired) electrons. The van der Waals surface area contributed by atoms with Crippen molar-refractivity contribution in [1.29, 1.82) is 0 Å². The highest BCUT2D eigenvalue weighted by molar-refractivity contribution is 9.10. The molecule has 2 nitrogen and oxygen atoms in total. The summed E-state index contributed by atoms with van der Waals surface area (Å²) in [5.41, 5.74) is 0.832. The molecule has 2 N–H and O–H groups in total. The van der Waals surface area contributed by atoms with E-state index in [1.807, 2.05) is 12.1 Å². The Hall–Kier alpha value is -0.450. The Morgan fingerprint density at radius 3 is 2.78 bits per heavy atom. The second-order valence-corrected chi connectivity index (χ2v) is 6.30. The molecule has 0 amide bonds. The molecule has 18 heavy (non-hydrogen) atoms. The largest absolute Gasteiger partial charge is 0.396 e. The Bertz CT molecular complexity index is 420. The molecule has 1 unspecified atom stereocenters. The molecule has 1 aliphatic rings. The fraction of sp³-hybridized carbons (Fsp3) is 0.571. The predicted molar refractivity (Wildman–Crippen MR) is 74.0 cm³/mol. The summed E-state index contributed by atoms with van der Waals surface area (Å²) in [5.74, 6) is -0.165. The molecule has 1 aromatic carbocycles. The van der Waals surface area contributed by atoms with E-state index in [9.17, 15) is 9.50 Å². The van der Waals surface area contributed by atoms with Gasteiger partial charge in [0, 0.05) is 29.1 Å². The number of benzene rings is 1. The Kier molecular flexibility index (Phi) is 4.41. The Morgan fingerprint density at radius 1 is 1.50 bits per heavy atom. The van der Waals surface area contributed by atoms with Crippen LogP contribution in [0.3, 0.4) is 0 Å². The quantitative estimate of drug-likeness (QED) is 0.846. The van der Waals surface area contributed by atoms with E-state index in [1.54, 1.807) is 0 Å². The van der Waals surface area contributed by atoms with Gasteiger partial charge in [-0.15, -0.1) is 0 Å². The Morgan fingerprint density at radius 2 is 2.22 bits per heavy atom. The number of aliphatic hydroxyl groups is 1. The zero-order valence-electron chi connectivity index (χ0n) is 10.5. The summed E-state index contributed by atoms with van der Waals surface area (Å²) in [4.78, 5) is 0. The summed E-state index contributed by atoms with van der Waals surface area (Å²) < 4.78 is 14.4. The molecule has 2 rings (SSSR count). The smallest absolute Gasteiger partial charge is 0.127 e. The van der Waals surface area contributed by atoms with Gasteiger partial charge in [0.1, 0.15) is 5.82 Å². The molecule has 1 aliphatic carbocycles. The summed E-state index contributed by atoms with van der Waals surface area (Å²) in [5, 5.41) is 12.6. The van der Waals surface area contributed by atoms with Crippen LogP contribution >= 0.6 is 15.9 Å². The number of nitrogens with one attached hydrogen (secondary N) is 1. The highest BCUT2D eigenvalue weighted by Crippen LogP contribution is 2.44. The molecule has 1 saturated carbocycles. The number of rotatable bonds is 6. The molecule has 1 fully saturated rings. The molecule has 0 saturated heterocycles. The van der Waals surface area contributed by atoms with E-state index in [2.05, 4.69) is 28.2 Å². The lowest BCUT2D eigenvalue weighted by atomic mass is 10.0. The van der Waals surface area contributed by atoms with E-state index < -0.39 is 0 Å². The van der Waals surface area contributed by atoms with Crippen LogP contribution in [0.5, 0.6) is 0 Å². The minimum atomic E-state index is -0.165. The highest BCUT2D eigenvalue weighted by atomic mass is 79.9. The van der Waals surface area contributed by atoms with Crippen LogP contribution in [0.25, 0.3) is 0 Å². The monoisotopic (exact) mass is 315 g/mol. The fourth-order valence-electron chi connectivity index (χ4n) is 2.05. The van der Waals surface area contributed by atoms with Crippen LogP contribution < -0.4 is 5.32 Å². The van der Waals surface area contributed by atoms with E-state index in [4.69, 9.17) is 0 Å². The van der Waals surface area contributed by atoms with Gasteiger partial charge in [-0.25, -0.2) is 4.39 Å². The van der Waals surface area contributed by atoms with Crippen LogP contribution in [0.1, 0.15) is 25.3 Å². The normalized spacial score (nSPS) is 18.7. The molecule has 0 bridgehead atoms. The standard InChI is InChI=1S/C14H19BrFNO/c1-10(17-8-14(9-18)4-5-14)6-11-2-3-12(15)7-13(11)16/h2-3,7,10,17-18H,4-6,8-9H2,1H3. The third kappa shape index (κ3) is 3.53. The van der Waals surface area contributed by atoms with Crippen molar-refractivity contribution in [3.05, 3.63) is 34.1 Å². The summed E-state index contributed by atoms with van der Waals surface area (Å²) in [6.07, 6.45) is 2.85. The third-order valence-electron chi connectivity index (χ3n) is 3.66. The van der Waals surface area contributed by atoms with Gasteiger partial charge in [-0.3, -0.25) is 0 Å². The molecule has 0 aliphatic heterocycles. The molecule has 4 heteroatoms. The van der Waals surface area contributed by atoms with Crippen LogP contribution in [-0.2, 0) is 6.42 Å². The molecule has 0 spiro atoms. The maximum atomic E-state index is 13.7. The summed E-state index contributed by atoms with van der Waals surface area (Å²) >= 11 is 3.25. The van der Waals surface area contributed by atoms with Gasteiger partial charge in [0.15, 0.2) is 0 Å². The molecular formula is C14H19BrFNO. The van der Waals surface area contributed by atoms with E-state index >= 15 is 0 Å². The van der Waals surface area contributed by atoms with Gasteiger partial charge in [0.25, 0.3) is 0 Å². The minimum Gasteiger partial charge on any atom is -0.396 e. The van der Waals surface area contributed by atoms with Crippen LogP contribution in [-0.4, -0.2) is 24.3 Å². The summed E-state index contributed by atoms with van der Waals surface area (Å²) in [6, 6.07) is 5.39. The van der Waals surface area contributed by atoms with Crippen molar-refractivity contribution >= 4 is 15.9 Å². The topological polar surface area (TPSA) is 32.3 Å². The minimum absolute atomic E-state index is 0.104. The van der Waals surface area contributed by atoms with Gasteiger partial charge < -0.3 is 10.4 Å². The number of hydrogen-bond donors (Lipinski definition) is 2.